The lowest BCUT2D eigenvalue weighted by Gasteiger charge is -2.13. The molecule has 0 saturated carbocycles. The minimum absolute atomic E-state index is 0.110. The molecule has 0 bridgehead atoms. The van der Waals surface area contributed by atoms with Crippen molar-refractivity contribution in [1.29, 1.82) is 0 Å². The molecule has 0 fully saturated rings. The van der Waals surface area contributed by atoms with E-state index in [9.17, 15) is 13.2 Å². The molecule has 112 valence electrons. The lowest BCUT2D eigenvalue weighted by molar-refractivity contribution is 0.0600. The number of thiophene rings is 1. The Morgan fingerprint density at radius 2 is 1.90 bits per heavy atom. The summed E-state index contributed by atoms with van der Waals surface area (Å²) >= 11 is 1.49. The molecule has 0 aliphatic rings. The van der Waals surface area contributed by atoms with Gasteiger partial charge in [0.05, 0.1) is 23.6 Å². The van der Waals surface area contributed by atoms with Crippen molar-refractivity contribution in [3.8, 4) is 0 Å². The molecule has 1 N–H and O–H groups in total. The van der Waals surface area contributed by atoms with Crippen molar-refractivity contribution in [3.05, 3.63) is 52.2 Å². The normalized spacial score (nSPS) is 12.9. The molecule has 1 unspecified atom stereocenters. The standard InChI is InChI=1S/C14H15NO4S2/c1-10(13-4-3-9-20-13)15-21(17,18)12-7-5-11(6-8-12)14(16)19-2/h3-10,15H,1-2H3. The number of methoxy groups -OCH3 is 1. The Labute approximate surface area is 127 Å². The second kappa shape index (κ2) is 6.38. The summed E-state index contributed by atoms with van der Waals surface area (Å²) in [7, 11) is -2.36. The molecular formula is C14H15NO4S2. The molecule has 2 rings (SSSR count). The molecule has 0 aliphatic heterocycles. The number of esters is 1. The van der Waals surface area contributed by atoms with Crippen molar-refractivity contribution >= 4 is 27.3 Å². The number of benzene rings is 1. The van der Waals surface area contributed by atoms with E-state index in [-0.39, 0.29) is 10.9 Å². The third kappa shape index (κ3) is 3.69. The Morgan fingerprint density at radius 3 is 2.43 bits per heavy atom. The van der Waals surface area contributed by atoms with Gasteiger partial charge in [-0.2, -0.15) is 0 Å². The summed E-state index contributed by atoms with van der Waals surface area (Å²) in [5.74, 6) is -0.501. The van der Waals surface area contributed by atoms with Crippen molar-refractivity contribution < 1.29 is 17.9 Å². The van der Waals surface area contributed by atoms with Gasteiger partial charge >= 0.3 is 5.97 Å². The van der Waals surface area contributed by atoms with Crippen molar-refractivity contribution in [3.63, 3.8) is 0 Å². The number of ether oxygens (including phenoxy) is 1. The van der Waals surface area contributed by atoms with Crippen LogP contribution in [0, 0.1) is 0 Å². The third-order valence-electron chi connectivity index (χ3n) is 2.89. The molecule has 7 heteroatoms. The summed E-state index contributed by atoms with van der Waals surface area (Å²) in [6.07, 6.45) is 0. The Kier molecular flexibility index (Phi) is 4.76. The minimum Gasteiger partial charge on any atom is -0.465 e. The highest BCUT2D eigenvalue weighted by atomic mass is 32.2. The number of hydrogen-bond acceptors (Lipinski definition) is 5. The van der Waals surface area contributed by atoms with E-state index in [1.54, 1.807) is 6.92 Å². The largest absolute Gasteiger partial charge is 0.465 e. The molecule has 0 spiro atoms. The highest BCUT2D eigenvalue weighted by Gasteiger charge is 2.19. The number of hydrogen-bond donors (Lipinski definition) is 1. The monoisotopic (exact) mass is 325 g/mol. The zero-order chi connectivity index (χ0) is 15.5. The third-order valence-corrected chi connectivity index (χ3v) is 5.50. The van der Waals surface area contributed by atoms with E-state index in [1.807, 2.05) is 17.5 Å². The van der Waals surface area contributed by atoms with Gasteiger partial charge in [-0.25, -0.2) is 17.9 Å². The van der Waals surface area contributed by atoms with Gasteiger partial charge in [-0.05, 0) is 42.6 Å². The van der Waals surface area contributed by atoms with Crippen LogP contribution < -0.4 is 4.72 Å². The fourth-order valence-corrected chi connectivity index (χ4v) is 3.82. The fourth-order valence-electron chi connectivity index (χ4n) is 1.78. The first-order valence-electron chi connectivity index (χ1n) is 6.18. The highest BCUT2D eigenvalue weighted by Crippen LogP contribution is 2.21. The van der Waals surface area contributed by atoms with Crippen LogP contribution in [0.1, 0.15) is 28.2 Å². The summed E-state index contributed by atoms with van der Waals surface area (Å²) in [6.45, 7) is 1.78. The first-order chi connectivity index (χ1) is 9.94. The highest BCUT2D eigenvalue weighted by molar-refractivity contribution is 7.89. The van der Waals surface area contributed by atoms with Crippen molar-refractivity contribution in [2.75, 3.05) is 7.11 Å². The Balaban J connectivity index is 2.18. The van der Waals surface area contributed by atoms with Crippen LogP contribution in [0.5, 0.6) is 0 Å². The fraction of sp³-hybridized carbons (Fsp3) is 0.214. The van der Waals surface area contributed by atoms with Crippen molar-refractivity contribution in [2.45, 2.75) is 17.9 Å². The SMILES string of the molecule is COC(=O)c1ccc(S(=O)(=O)NC(C)c2cccs2)cc1. The summed E-state index contributed by atoms with van der Waals surface area (Å²) in [6, 6.07) is 9.06. The molecule has 0 amide bonds. The molecule has 0 aliphatic carbocycles. The van der Waals surface area contributed by atoms with Crippen LogP contribution in [0.25, 0.3) is 0 Å². The zero-order valence-electron chi connectivity index (χ0n) is 11.6. The van der Waals surface area contributed by atoms with Crippen molar-refractivity contribution in [2.24, 2.45) is 0 Å². The Bertz CT molecular complexity index is 706. The maximum absolute atomic E-state index is 12.3. The molecule has 1 aromatic carbocycles. The van der Waals surface area contributed by atoms with E-state index in [0.717, 1.165) is 4.88 Å². The first kappa shape index (κ1) is 15.7. The van der Waals surface area contributed by atoms with Crippen LogP contribution >= 0.6 is 11.3 Å². The van der Waals surface area contributed by atoms with Gasteiger partial charge in [-0.15, -0.1) is 11.3 Å². The molecule has 5 nitrogen and oxygen atoms in total. The van der Waals surface area contributed by atoms with Gasteiger partial charge in [-0.1, -0.05) is 6.07 Å². The number of carbonyl (C=O) groups excluding carboxylic acids is 1. The van der Waals surface area contributed by atoms with Gasteiger partial charge in [0, 0.05) is 4.88 Å². The summed E-state index contributed by atoms with van der Waals surface area (Å²) in [4.78, 5) is 12.4. The first-order valence-corrected chi connectivity index (χ1v) is 8.54. The lowest BCUT2D eigenvalue weighted by Crippen LogP contribution is -2.26. The van der Waals surface area contributed by atoms with Gasteiger partial charge in [0.25, 0.3) is 0 Å². The van der Waals surface area contributed by atoms with Crippen LogP contribution in [0.2, 0.25) is 0 Å². The van der Waals surface area contributed by atoms with E-state index in [4.69, 9.17) is 0 Å². The average molecular weight is 325 g/mol. The van der Waals surface area contributed by atoms with Gasteiger partial charge in [0.2, 0.25) is 10.0 Å². The van der Waals surface area contributed by atoms with Gasteiger partial charge in [-0.3, -0.25) is 0 Å². The van der Waals surface area contributed by atoms with E-state index >= 15 is 0 Å². The predicted octanol–water partition coefficient (Wildman–Crippen LogP) is 2.57. The number of nitrogens with one attached hydrogen (secondary N) is 1. The second-order valence-electron chi connectivity index (χ2n) is 4.37. The quantitative estimate of drug-likeness (QED) is 0.858. The molecule has 1 heterocycles. The maximum Gasteiger partial charge on any atom is 0.337 e. The van der Waals surface area contributed by atoms with Crippen LogP contribution in [0.15, 0.2) is 46.7 Å². The topological polar surface area (TPSA) is 72.5 Å². The van der Waals surface area contributed by atoms with Crippen molar-refractivity contribution in [1.82, 2.24) is 4.72 Å². The van der Waals surface area contributed by atoms with Gasteiger partial charge in [0.15, 0.2) is 0 Å². The predicted molar refractivity (Wildman–Crippen MR) is 80.8 cm³/mol. The second-order valence-corrected chi connectivity index (χ2v) is 7.07. The molecule has 2 aromatic rings. The van der Waals surface area contributed by atoms with E-state index in [1.165, 1.54) is 42.7 Å². The van der Waals surface area contributed by atoms with Gasteiger partial charge < -0.3 is 4.74 Å². The summed E-state index contributed by atoms with van der Waals surface area (Å²) in [5, 5.41) is 1.89. The van der Waals surface area contributed by atoms with E-state index in [0.29, 0.717) is 5.56 Å². The minimum atomic E-state index is -3.63. The van der Waals surface area contributed by atoms with Crippen LogP contribution in [-0.2, 0) is 14.8 Å². The average Bonchev–Trinajstić information content (AvgIpc) is 3.00. The van der Waals surface area contributed by atoms with E-state index < -0.39 is 16.0 Å². The molecule has 0 radical (unpaired) electrons. The molecule has 21 heavy (non-hydrogen) atoms. The Hall–Kier alpha value is -1.70. The molecule has 1 aromatic heterocycles. The summed E-state index contributed by atoms with van der Waals surface area (Å²) in [5.41, 5.74) is 0.308. The number of carbonyl (C=O) groups is 1. The summed E-state index contributed by atoms with van der Waals surface area (Å²) < 4.78 is 31.7. The van der Waals surface area contributed by atoms with Gasteiger partial charge in [0.1, 0.15) is 0 Å². The molecule has 0 saturated heterocycles. The molecular weight excluding hydrogens is 310 g/mol. The smallest absolute Gasteiger partial charge is 0.337 e. The lowest BCUT2D eigenvalue weighted by atomic mass is 10.2. The van der Waals surface area contributed by atoms with E-state index in [2.05, 4.69) is 9.46 Å². The van der Waals surface area contributed by atoms with Crippen LogP contribution in [0.4, 0.5) is 0 Å². The maximum atomic E-state index is 12.3. The molecule has 1 atom stereocenters. The van der Waals surface area contributed by atoms with Crippen LogP contribution in [-0.4, -0.2) is 21.5 Å². The Morgan fingerprint density at radius 1 is 1.24 bits per heavy atom. The van der Waals surface area contributed by atoms with Crippen LogP contribution in [0.3, 0.4) is 0 Å². The number of rotatable bonds is 5. The number of sulfonamides is 1. The zero-order valence-corrected chi connectivity index (χ0v) is 13.2.